The summed E-state index contributed by atoms with van der Waals surface area (Å²) in [5.41, 5.74) is 1.28. The summed E-state index contributed by atoms with van der Waals surface area (Å²) in [6.45, 7) is 8.25. The van der Waals surface area contributed by atoms with E-state index in [9.17, 15) is 31.1 Å². The molecule has 2 fully saturated rings. The van der Waals surface area contributed by atoms with Crippen LogP contribution in [0.2, 0.25) is 0 Å². The van der Waals surface area contributed by atoms with E-state index in [0.717, 1.165) is 45.7 Å². The number of amides is 1. The minimum absolute atomic E-state index is 0.0606. The van der Waals surface area contributed by atoms with Gasteiger partial charge >= 0.3 is 24.3 Å². The monoisotopic (exact) mass is 545 g/mol. The fraction of sp³-hybridized carbons (Fsp3) is 0.636. The van der Waals surface area contributed by atoms with E-state index in [4.69, 9.17) is 24.5 Å². The first kappa shape index (κ1) is 32.1. The molecule has 3 N–H and O–H groups in total. The highest BCUT2D eigenvalue weighted by Crippen LogP contribution is 2.44. The molecule has 1 spiro atoms. The average molecular weight is 545 g/mol. The first-order valence-electron chi connectivity index (χ1n) is 11.1. The van der Waals surface area contributed by atoms with E-state index < -0.39 is 24.3 Å². The van der Waals surface area contributed by atoms with E-state index in [-0.39, 0.29) is 23.3 Å². The van der Waals surface area contributed by atoms with Gasteiger partial charge in [-0.3, -0.25) is 14.7 Å². The van der Waals surface area contributed by atoms with Gasteiger partial charge in [-0.25, -0.2) is 9.59 Å². The third-order valence-electron chi connectivity index (χ3n) is 5.57. The van der Waals surface area contributed by atoms with Crippen molar-refractivity contribution in [3.05, 3.63) is 30.1 Å². The van der Waals surface area contributed by atoms with Gasteiger partial charge in [-0.05, 0) is 38.3 Å². The Morgan fingerprint density at radius 3 is 2.03 bits per heavy atom. The standard InChI is InChI=1S/C18H27N3O2.2C2HF3O2/c1-14(2)20-17(22)16-12-21(11-15-4-3-7-19-10-15)13-18(16)5-8-23-9-6-18;2*3-2(4,5)1(6)7/h3-4,7,10,14,16H,5-6,8-9,11-13H2,1-2H3,(H,20,22);2*(H,6,7). The number of carboxylic acid groups (broad SMARTS) is 2. The fourth-order valence-corrected chi connectivity index (χ4v) is 3.97. The molecule has 1 unspecified atom stereocenters. The Bertz CT molecular complexity index is 865. The Kier molecular flexibility index (Phi) is 11.8. The van der Waals surface area contributed by atoms with Crippen LogP contribution in [0.25, 0.3) is 0 Å². The molecule has 210 valence electrons. The molecule has 3 heterocycles. The van der Waals surface area contributed by atoms with Crippen molar-refractivity contribution in [1.82, 2.24) is 15.2 Å². The summed E-state index contributed by atoms with van der Waals surface area (Å²) in [6.07, 6.45) is -4.50. The van der Waals surface area contributed by atoms with Gasteiger partial charge in [0.15, 0.2) is 0 Å². The maximum absolute atomic E-state index is 12.7. The normalized spacial score (nSPS) is 19.3. The maximum Gasteiger partial charge on any atom is 0.490 e. The van der Waals surface area contributed by atoms with Crippen molar-refractivity contribution >= 4 is 17.8 Å². The summed E-state index contributed by atoms with van der Waals surface area (Å²) in [4.78, 5) is 37.1. The molecule has 1 aromatic rings. The lowest BCUT2D eigenvalue weighted by Crippen LogP contribution is -2.46. The molecule has 0 aromatic carbocycles. The summed E-state index contributed by atoms with van der Waals surface area (Å²) >= 11 is 0. The van der Waals surface area contributed by atoms with E-state index in [1.807, 2.05) is 26.1 Å². The Morgan fingerprint density at radius 2 is 1.62 bits per heavy atom. The van der Waals surface area contributed by atoms with Crippen LogP contribution in [-0.2, 0) is 25.7 Å². The molecule has 0 bridgehead atoms. The van der Waals surface area contributed by atoms with Crippen LogP contribution in [-0.4, -0.2) is 82.6 Å². The molecule has 1 atom stereocenters. The third-order valence-corrected chi connectivity index (χ3v) is 5.57. The van der Waals surface area contributed by atoms with Crippen molar-refractivity contribution in [1.29, 1.82) is 0 Å². The van der Waals surface area contributed by atoms with E-state index >= 15 is 0 Å². The molecule has 9 nitrogen and oxygen atoms in total. The molecule has 0 saturated carbocycles. The van der Waals surface area contributed by atoms with Crippen LogP contribution in [0.5, 0.6) is 0 Å². The minimum Gasteiger partial charge on any atom is -0.475 e. The maximum atomic E-state index is 12.7. The Balaban J connectivity index is 0.000000404. The molecular formula is C22H29F6N3O6. The van der Waals surface area contributed by atoms with Crippen LogP contribution in [0.1, 0.15) is 32.3 Å². The lowest BCUT2D eigenvalue weighted by Gasteiger charge is -2.37. The van der Waals surface area contributed by atoms with Gasteiger partial charge in [-0.1, -0.05) is 6.07 Å². The number of hydrogen-bond donors (Lipinski definition) is 3. The number of rotatable bonds is 4. The topological polar surface area (TPSA) is 129 Å². The van der Waals surface area contributed by atoms with E-state index in [0.29, 0.717) is 0 Å². The first-order chi connectivity index (χ1) is 17.0. The van der Waals surface area contributed by atoms with Crippen molar-refractivity contribution < 1.29 is 55.7 Å². The number of carbonyl (C=O) groups is 3. The van der Waals surface area contributed by atoms with Gasteiger partial charge in [0.05, 0.1) is 5.92 Å². The second-order valence-corrected chi connectivity index (χ2v) is 8.83. The molecule has 0 radical (unpaired) electrons. The zero-order valence-electron chi connectivity index (χ0n) is 20.1. The number of halogens is 6. The number of carbonyl (C=O) groups excluding carboxylic acids is 1. The summed E-state index contributed by atoms with van der Waals surface area (Å²) in [5.74, 6) is -5.25. The van der Waals surface area contributed by atoms with Crippen molar-refractivity contribution in [2.24, 2.45) is 11.3 Å². The van der Waals surface area contributed by atoms with Gasteiger partial charge < -0.3 is 20.3 Å². The van der Waals surface area contributed by atoms with E-state index in [1.54, 1.807) is 6.20 Å². The van der Waals surface area contributed by atoms with Crippen molar-refractivity contribution in [2.45, 2.75) is 51.6 Å². The summed E-state index contributed by atoms with van der Waals surface area (Å²) in [6, 6.07) is 4.26. The van der Waals surface area contributed by atoms with Gasteiger partial charge in [-0.15, -0.1) is 0 Å². The van der Waals surface area contributed by atoms with Crippen LogP contribution in [0, 0.1) is 11.3 Å². The predicted molar refractivity (Wildman–Crippen MR) is 116 cm³/mol. The molecule has 3 rings (SSSR count). The highest BCUT2D eigenvalue weighted by Gasteiger charge is 2.50. The number of aliphatic carboxylic acids is 2. The zero-order chi connectivity index (χ0) is 28.4. The van der Waals surface area contributed by atoms with Crippen molar-refractivity contribution in [3.63, 3.8) is 0 Å². The molecule has 0 aliphatic carbocycles. The number of aromatic nitrogens is 1. The van der Waals surface area contributed by atoms with Gasteiger partial charge in [0.1, 0.15) is 0 Å². The number of nitrogens with zero attached hydrogens (tertiary/aromatic N) is 2. The number of carboxylic acids is 2. The average Bonchev–Trinajstić information content (AvgIpc) is 3.11. The van der Waals surface area contributed by atoms with Crippen LogP contribution >= 0.6 is 0 Å². The summed E-state index contributed by atoms with van der Waals surface area (Å²) < 4.78 is 69.0. The van der Waals surface area contributed by atoms with Crippen LogP contribution < -0.4 is 5.32 Å². The first-order valence-corrected chi connectivity index (χ1v) is 11.1. The number of likely N-dealkylation sites (tertiary alicyclic amines) is 1. The van der Waals surface area contributed by atoms with Crippen molar-refractivity contribution in [2.75, 3.05) is 26.3 Å². The van der Waals surface area contributed by atoms with E-state index in [1.165, 1.54) is 5.56 Å². The number of nitrogens with one attached hydrogen (secondary N) is 1. The number of pyridine rings is 1. The van der Waals surface area contributed by atoms with Crippen LogP contribution in [0.15, 0.2) is 24.5 Å². The van der Waals surface area contributed by atoms with Crippen LogP contribution in [0.4, 0.5) is 26.3 Å². The molecule has 2 aliphatic heterocycles. The van der Waals surface area contributed by atoms with Gasteiger partial charge in [0, 0.05) is 56.7 Å². The number of hydrogen-bond acceptors (Lipinski definition) is 6. The van der Waals surface area contributed by atoms with Gasteiger partial charge in [-0.2, -0.15) is 26.3 Å². The van der Waals surface area contributed by atoms with Gasteiger partial charge in [0.2, 0.25) is 5.91 Å². The molecule has 15 heteroatoms. The molecule has 1 aromatic heterocycles. The fourth-order valence-electron chi connectivity index (χ4n) is 3.97. The lowest BCUT2D eigenvalue weighted by atomic mass is 9.71. The molecule has 37 heavy (non-hydrogen) atoms. The van der Waals surface area contributed by atoms with E-state index in [2.05, 4.69) is 21.3 Å². The molecule has 2 aliphatic rings. The second kappa shape index (κ2) is 13.6. The smallest absolute Gasteiger partial charge is 0.475 e. The predicted octanol–water partition coefficient (Wildman–Crippen LogP) is 3.10. The molecule has 2 saturated heterocycles. The SMILES string of the molecule is CC(C)NC(=O)C1CN(Cc2cccnc2)CC12CCOCC2.O=C(O)C(F)(F)F.O=C(O)C(F)(F)F. The largest absolute Gasteiger partial charge is 0.490 e. The second-order valence-electron chi connectivity index (χ2n) is 8.83. The van der Waals surface area contributed by atoms with Gasteiger partial charge in [0.25, 0.3) is 0 Å². The van der Waals surface area contributed by atoms with Crippen LogP contribution in [0.3, 0.4) is 0 Å². The Labute approximate surface area is 208 Å². The Hall–Kier alpha value is -2.94. The highest BCUT2D eigenvalue weighted by molar-refractivity contribution is 5.80. The number of ether oxygens (including phenoxy) is 1. The Morgan fingerprint density at radius 1 is 1.11 bits per heavy atom. The van der Waals surface area contributed by atoms with Crippen molar-refractivity contribution in [3.8, 4) is 0 Å². The summed E-state index contributed by atoms with van der Waals surface area (Å²) in [5, 5.41) is 17.4. The minimum atomic E-state index is -5.08. The number of alkyl halides is 6. The highest BCUT2D eigenvalue weighted by atomic mass is 19.4. The third kappa shape index (κ3) is 10.9. The lowest BCUT2D eigenvalue weighted by molar-refractivity contribution is -0.193. The molecular weight excluding hydrogens is 516 g/mol. The zero-order valence-corrected chi connectivity index (χ0v) is 20.1. The molecule has 1 amide bonds. The quantitative estimate of drug-likeness (QED) is 0.493. The summed E-state index contributed by atoms with van der Waals surface area (Å²) in [7, 11) is 0.